The van der Waals surface area contributed by atoms with Gasteiger partial charge in [0.05, 0.1) is 19.2 Å². The molecule has 1 aliphatic heterocycles. The molecule has 1 rings (SSSR count). The van der Waals surface area contributed by atoms with E-state index in [1.807, 2.05) is 13.8 Å². The second-order valence-electron chi connectivity index (χ2n) is 4.91. The number of rotatable bonds is 4. The van der Waals surface area contributed by atoms with Crippen molar-refractivity contribution in [2.45, 2.75) is 19.4 Å². The summed E-state index contributed by atoms with van der Waals surface area (Å²) in [5.41, 5.74) is -0.433. The molecule has 1 saturated heterocycles. The summed E-state index contributed by atoms with van der Waals surface area (Å²) in [6.07, 6.45) is 5.08. The maximum absolute atomic E-state index is 11.5. The molecule has 18 heavy (non-hydrogen) atoms. The van der Waals surface area contributed by atoms with E-state index in [4.69, 9.17) is 11.7 Å². The van der Waals surface area contributed by atoms with Crippen molar-refractivity contribution in [1.82, 2.24) is 15.1 Å². The number of carbonyl (C=O) groups excluding carboxylic acids is 1. The molecule has 0 aromatic carbocycles. The monoisotopic (exact) mass is 248 g/mol. The topological polar surface area (TPSA) is 59.4 Å². The number of hydrogen-bond donors (Lipinski definition) is 1. The third-order valence-electron chi connectivity index (χ3n) is 3.19. The van der Waals surface area contributed by atoms with Gasteiger partial charge in [0.2, 0.25) is 5.91 Å². The zero-order valence-corrected chi connectivity index (χ0v) is 11.1. The average molecular weight is 248 g/mol. The normalized spacial score (nSPS) is 17.8. The third kappa shape index (κ3) is 4.03. The summed E-state index contributed by atoms with van der Waals surface area (Å²) >= 11 is 0. The zero-order valence-electron chi connectivity index (χ0n) is 11.1. The minimum atomic E-state index is -0.433. The van der Waals surface area contributed by atoms with Gasteiger partial charge in [-0.25, -0.2) is 0 Å². The predicted molar refractivity (Wildman–Crippen MR) is 69.5 cm³/mol. The average Bonchev–Trinajstić information content (AvgIpc) is 2.37. The Balaban J connectivity index is 2.35. The van der Waals surface area contributed by atoms with E-state index in [1.165, 1.54) is 0 Å². The highest BCUT2D eigenvalue weighted by atomic mass is 16.2. The lowest BCUT2D eigenvalue weighted by Gasteiger charge is -2.40. The number of nitriles is 1. The van der Waals surface area contributed by atoms with Crippen LogP contribution in [0.5, 0.6) is 0 Å². The first kappa shape index (κ1) is 14.5. The fourth-order valence-electron chi connectivity index (χ4n) is 1.94. The van der Waals surface area contributed by atoms with Crippen LogP contribution in [0.1, 0.15) is 13.8 Å². The van der Waals surface area contributed by atoms with E-state index in [-0.39, 0.29) is 12.5 Å². The van der Waals surface area contributed by atoms with Crippen LogP contribution in [-0.4, -0.2) is 60.5 Å². The molecule has 1 amide bonds. The molecule has 0 aliphatic carbocycles. The molecule has 0 saturated carbocycles. The van der Waals surface area contributed by atoms with Crippen molar-refractivity contribution in [1.29, 1.82) is 5.26 Å². The highest BCUT2D eigenvalue weighted by molar-refractivity contribution is 5.78. The van der Waals surface area contributed by atoms with Gasteiger partial charge in [-0.3, -0.25) is 14.6 Å². The van der Waals surface area contributed by atoms with Crippen LogP contribution in [0.2, 0.25) is 0 Å². The van der Waals surface area contributed by atoms with Crippen LogP contribution in [0.3, 0.4) is 0 Å². The highest BCUT2D eigenvalue weighted by Gasteiger charge is 2.29. The first-order valence-electron chi connectivity index (χ1n) is 6.08. The van der Waals surface area contributed by atoms with Gasteiger partial charge in [0.1, 0.15) is 5.54 Å². The number of hydrogen-bond acceptors (Lipinski definition) is 4. The Morgan fingerprint density at radius 2 is 2.00 bits per heavy atom. The van der Waals surface area contributed by atoms with Gasteiger partial charge in [0.25, 0.3) is 0 Å². The third-order valence-corrected chi connectivity index (χ3v) is 3.19. The molecule has 1 aliphatic rings. The molecule has 0 aromatic heterocycles. The van der Waals surface area contributed by atoms with Gasteiger partial charge in [0, 0.05) is 26.2 Å². The van der Waals surface area contributed by atoms with E-state index in [1.54, 1.807) is 0 Å². The summed E-state index contributed by atoms with van der Waals surface area (Å²) < 4.78 is 0. The fraction of sp³-hybridized carbons (Fsp3) is 0.692. The molecule has 98 valence electrons. The van der Waals surface area contributed by atoms with Crippen LogP contribution in [0.15, 0.2) is 0 Å². The molecule has 0 spiro atoms. The lowest BCUT2D eigenvalue weighted by atomic mass is 10.0. The Morgan fingerprint density at radius 1 is 1.39 bits per heavy atom. The number of nitrogens with zero attached hydrogens (tertiary/aromatic N) is 3. The Hall–Kier alpha value is -1.56. The van der Waals surface area contributed by atoms with Crippen molar-refractivity contribution >= 4 is 5.91 Å². The van der Waals surface area contributed by atoms with E-state index in [0.717, 1.165) is 26.2 Å². The Morgan fingerprint density at radius 3 is 2.50 bits per heavy atom. The first-order chi connectivity index (χ1) is 8.49. The standard InChI is InChI=1S/C13H20N4O/c1-4-5-15-12(18)10-16-6-8-17(9-7-16)13(2,3)11-14/h1H,5-10H2,2-3H3,(H,15,18). The molecule has 5 heteroatoms. The van der Waals surface area contributed by atoms with Gasteiger partial charge in [0.15, 0.2) is 0 Å². The van der Waals surface area contributed by atoms with Crippen molar-refractivity contribution < 1.29 is 4.79 Å². The van der Waals surface area contributed by atoms with Gasteiger partial charge in [-0.15, -0.1) is 6.42 Å². The SMILES string of the molecule is C#CCNC(=O)CN1CCN(C(C)(C)C#N)CC1. The number of carbonyl (C=O) groups is 1. The van der Waals surface area contributed by atoms with E-state index < -0.39 is 5.54 Å². The fourth-order valence-corrected chi connectivity index (χ4v) is 1.94. The predicted octanol–water partition coefficient (Wildman–Crippen LogP) is -0.344. The van der Waals surface area contributed by atoms with E-state index in [2.05, 4.69) is 27.1 Å². The Bertz CT molecular complexity index is 369. The summed E-state index contributed by atoms with van der Waals surface area (Å²) in [5.74, 6) is 2.33. The minimum Gasteiger partial charge on any atom is -0.344 e. The van der Waals surface area contributed by atoms with Crippen LogP contribution in [0.25, 0.3) is 0 Å². The van der Waals surface area contributed by atoms with Crippen molar-refractivity contribution in [3.8, 4) is 18.4 Å². The maximum Gasteiger partial charge on any atom is 0.234 e. The van der Waals surface area contributed by atoms with Crippen LogP contribution in [0, 0.1) is 23.7 Å². The van der Waals surface area contributed by atoms with Crippen molar-refractivity contribution in [2.75, 3.05) is 39.3 Å². The molecule has 5 nitrogen and oxygen atoms in total. The quantitative estimate of drug-likeness (QED) is 0.691. The maximum atomic E-state index is 11.5. The zero-order chi connectivity index (χ0) is 13.6. The number of terminal acetylenes is 1. The molecular weight excluding hydrogens is 228 g/mol. The summed E-state index contributed by atoms with van der Waals surface area (Å²) in [4.78, 5) is 15.7. The largest absolute Gasteiger partial charge is 0.344 e. The number of amides is 1. The molecule has 0 bridgehead atoms. The van der Waals surface area contributed by atoms with Crippen molar-refractivity contribution in [2.24, 2.45) is 0 Å². The Labute approximate surface area is 109 Å². The molecule has 1 fully saturated rings. The lowest BCUT2D eigenvalue weighted by Crippen LogP contribution is -2.55. The first-order valence-corrected chi connectivity index (χ1v) is 6.08. The smallest absolute Gasteiger partial charge is 0.234 e. The van der Waals surface area contributed by atoms with Gasteiger partial charge < -0.3 is 5.32 Å². The molecular formula is C13H20N4O. The molecule has 0 aromatic rings. The van der Waals surface area contributed by atoms with Crippen molar-refractivity contribution in [3.63, 3.8) is 0 Å². The summed E-state index contributed by atoms with van der Waals surface area (Å²) in [6.45, 7) is 7.71. The molecule has 1 heterocycles. The molecule has 0 radical (unpaired) electrons. The summed E-state index contributed by atoms with van der Waals surface area (Å²) in [7, 11) is 0. The van der Waals surface area contributed by atoms with Crippen LogP contribution in [0.4, 0.5) is 0 Å². The highest BCUT2D eigenvalue weighted by Crippen LogP contribution is 2.15. The second kappa shape index (κ2) is 6.39. The Kier molecular flexibility index (Phi) is 5.15. The molecule has 1 N–H and O–H groups in total. The van der Waals surface area contributed by atoms with Gasteiger partial charge >= 0.3 is 0 Å². The lowest BCUT2D eigenvalue weighted by molar-refractivity contribution is -0.122. The van der Waals surface area contributed by atoms with Gasteiger partial charge in [-0.05, 0) is 13.8 Å². The minimum absolute atomic E-state index is 0.0408. The van der Waals surface area contributed by atoms with Gasteiger partial charge in [-0.2, -0.15) is 5.26 Å². The molecule has 0 unspecified atom stereocenters. The van der Waals surface area contributed by atoms with E-state index in [0.29, 0.717) is 6.54 Å². The van der Waals surface area contributed by atoms with Crippen LogP contribution < -0.4 is 5.32 Å². The van der Waals surface area contributed by atoms with Crippen molar-refractivity contribution in [3.05, 3.63) is 0 Å². The van der Waals surface area contributed by atoms with Crippen LogP contribution >= 0.6 is 0 Å². The summed E-state index contributed by atoms with van der Waals surface area (Å²) in [5, 5.41) is 11.7. The number of piperazine rings is 1. The summed E-state index contributed by atoms with van der Waals surface area (Å²) in [6, 6.07) is 2.30. The van der Waals surface area contributed by atoms with Crippen LogP contribution in [-0.2, 0) is 4.79 Å². The second-order valence-corrected chi connectivity index (χ2v) is 4.91. The van der Waals surface area contributed by atoms with Gasteiger partial charge in [-0.1, -0.05) is 5.92 Å². The molecule has 0 atom stereocenters. The number of nitrogens with one attached hydrogen (secondary N) is 1. The van der Waals surface area contributed by atoms with E-state index >= 15 is 0 Å². The van der Waals surface area contributed by atoms with E-state index in [9.17, 15) is 4.79 Å².